The first-order valence-corrected chi connectivity index (χ1v) is 5.78. The van der Waals surface area contributed by atoms with Crippen molar-refractivity contribution in [2.24, 2.45) is 0 Å². The fourth-order valence-corrected chi connectivity index (χ4v) is 1.61. The van der Waals surface area contributed by atoms with Crippen LogP contribution in [-0.2, 0) is 0 Å². The van der Waals surface area contributed by atoms with Gasteiger partial charge >= 0.3 is 5.97 Å². The lowest BCUT2D eigenvalue weighted by atomic mass is 10.2. The lowest BCUT2D eigenvalue weighted by molar-refractivity contribution is 0.0736. The van der Waals surface area contributed by atoms with Crippen LogP contribution in [0.1, 0.15) is 10.4 Å². The van der Waals surface area contributed by atoms with E-state index in [0.717, 1.165) is 4.47 Å². The van der Waals surface area contributed by atoms with Crippen molar-refractivity contribution < 1.29 is 9.53 Å². The Hall–Kier alpha value is -1.81. The zero-order chi connectivity index (χ0) is 12.3. The van der Waals surface area contributed by atoms with E-state index in [0.29, 0.717) is 17.0 Å². The highest BCUT2D eigenvalue weighted by molar-refractivity contribution is 9.10. The van der Waals surface area contributed by atoms with Crippen LogP contribution in [0.25, 0.3) is 0 Å². The second-order valence-corrected chi connectivity index (χ2v) is 4.35. The third-order valence-electron chi connectivity index (χ3n) is 2.20. The van der Waals surface area contributed by atoms with E-state index in [1.54, 1.807) is 48.5 Å². The van der Waals surface area contributed by atoms with Gasteiger partial charge in [0.1, 0.15) is 5.75 Å². The second kappa shape index (κ2) is 5.01. The van der Waals surface area contributed by atoms with Gasteiger partial charge in [-0.05, 0) is 36.4 Å². The van der Waals surface area contributed by atoms with Crippen LogP contribution in [0, 0.1) is 0 Å². The average Bonchev–Trinajstić information content (AvgIpc) is 2.32. The summed E-state index contributed by atoms with van der Waals surface area (Å²) in [6.45, 7) is 0. The SMILES string of the molecule is Nc1ccccc1C(=O)Oc1ccc(Br)cc1. The van der Waals surface area contributed by atoms with Crippen LogP contribution in [0.3, 0.4) is 0 Å². The first-order valence-electron chi connectivity index (χ1n) is 4.99. The van der Waals surface area contributed by atoms with Crippen LogP contribution >= 0.6 is 15.9 Å². The number of benzene rings is 2. The van der Waals surface area contributed by atoms with Crippen LogP contribution in [0.15, 0.2) is 53.0 Å². The van der Waals surface area contributed by atoms with E-state index in [-0.39, 0.29) is 0 Å². The summed E-state index contributed by atoms with van der Waals surface area (Å²) in [6, 6.07) is 13.8. The molecule has 0 aliphatic heterocycles. The molecule has 0 saturated heterocycles. The third kappa shape index (κ3) is 2.85. The van der Waals surface area contributed by atoms with Gasteiger partial charge in [-0.1, -0.05) is 28.1 Å². The number of hydrogen-bond donors (Lipinski definition) is 1. The molecule has 0 spiro atoms. The van der Waals surface area contributed by atoms with E-state index in [1.807, 2.05) is 0 Å². The molecule has 0 aliphatic rings. The van der Waals surface area contributed by atoms with Crippen LogP contribution in [-0.4, -0.2) is 5.97 Å². The lowest BCUT2D eigenvalue weighted by Crippen LogP contribution is -2.10. The lowest BCUT2D eigenvalue weighted by Gasteiger charge is -2.06. The van der Waals surface area contributed by atoms with E-state index in [1.165, 1.54) is 0 Å². The summed E-state index contributed by atoms with van der Waals surface area (Å²) in [5.74, 6) is 0.0341. The average molecular weight is 292 g/mol. The standard InChI is InChI=1S/C13H10BrNO2/c14-9-5-7-10(8-6-9)17-13(16)11-3-1-2-4-12(11)15/h1-8H,15H2. The van der Waals surface area contributed by atoms with Gasteiger partial charge < -0.3 is 10.5 Å². The molecule has 0 fully saturated rings. The third-order valence-corrected chi connectivity index (χ3v) is 2.73. The van der Waals surface area contributed by atoms with Crippen molar-refractivity contribution in [3.63, 3.8) is 0 Å². The van der Waals surface area contributed by atoms with Gasteiger partial charge in [-0.3, -0.25) is 0 Å². The van der Waals surface area contributed by atoms with Gasteiger partial charge in [-0.2, -0.15) is 0 Å². The molecule has 17 heavy (non-hydrogen) atoms. The van der Waals surface area contributed by atoms with Gasteiger partial charge in [0.25, 0.3) is 0 Å². The summed E-state index contributed by atoms with van der Waals surface area (Å²) in [5.41, 5.74) is 6.47. The maximum Gasteiger partial charge on any atom is 0.345 e. The smallest absolute Gasteiger partial charge is 0.345 e. The number of esters is 1. The van der Waals surface area contributed by atoms with Gasteiger partial charge in [-0.15, -0.1) is 0 Å². The molecule has 2 aromatic carbocycles. The Labute approximate surface area is 107 Å². The van der Waals surface area contributed by atoms with Crippen molar-refractivity contribution in [1.82, 2.24) is 0 Å². The maximum absolute atomic E-state index is 11.8. The van der Waals surface area contributed by atoms with E-state index >= 15 is 0 Å². The highest BCUT2D eigenvalue weighted by Crippen LogP contribution is 2.19. The molecule has 2 N–H and O–H groups in total. The molecular formula is C13H10BrNO2. The fourth-order valence-electron chi connectivity index (χ4n) is 1.35. The quantitative estimate of drug-likeness (QED) is 0.525. The molecule has 3 nitrogen and oxygen atoms in total. The van der Waals surface area contributed by atoms with Gasteiger partial charge in [-0.25, -0.2) is 4.79 Å². The molecule has 0 aromatic heterocycles. The first kappa shape index (κ1) is 11.7. The summed E-state index contributed by atoms with van der Waals surface area (Å²) in [4.78, 5) is 11.8. The molecule has 0 heterocycles. The largest absolute Gasteiger partial charge is 0.423 e. The Balaban J connectivity index is 2.17. The van der Waals surface area contributed by atoms with Crippen LogP contribution in [0.2, 0.25) is 0 Å². The number of ether oxygens (including phenoxy) is 1. The highest BCUT2D eigenvalue weighted by atomic mass is 79.9. The molecule has 0 saturated carbocycles. The molecule has 86 valence electrons. The Bertz CT molecular complexity index is 537. The Morgan fingerprint density at radius 2 is 1.71 bits per heavy atom. The summed E-state index contributed by atoms with van der Waals surface area (Å²) in [6.07, 6.45) is 0. The molecule has 0 amide bonds. The molecule has 2 rings (SSSR count). The van der Waals surface area contributed by atoms with E-state index < -0.39 is 5.97 Å². The van der Waals surface area contributed by atoms with Crippen molar-refractivity contribution in [3.05, 3.63) is 58.6 Å². The van der Waals surface area contributed by atoms with E-state index in [9.17, 15) is 4.79 Å². The van der Waals surface area contributed by atoms with Gasteiger partial charge in [0.15, 0.2) is 0 Å². The van der Waals surface area contributed by atoms with Crippen molar-refractivity contribution in [2.45, 2.75) is 0 Å². The number of anilines is 1. The van der Waals surface area contributed by atoms with Crippen LogP contribution in [0.5, 0.6) is 5.75 Å². The maximum atomic E-state index is 11.8. The predicted octanol–water partition coefficient (Wildman–Crippen LogP) is 3.25. The number of hydrogen-bond acceptors (Lipinski definition) is 3. The minimum absolute atomic E-state index is 0.371. The zero-order valence-electron chi connectivity index (χ0n) is 8.89. The first-order chi connectivity index (χ1) is 8.16. The second-order valence-electron chi connectivity index (χ2n) is 3.43. The summed E-state index contributed by atoms with van der Waals surface area (Å²) in [7, 11) is 0. The topological polar surface area (TPSA) is 52.3 Å². The van der Waals surface area contributed by atoms with E-state index in [2.05, 4.69) is 15.9 Å². The molecule has 0 bridgehead atoms. The minimum atomic E-state index is -0.453. The highest BCUT2D eigenvalue weighted by Gasteiger charge is 2.11. The van der Waals surface area contributed by atoms with E-state index in [4.69, 9.17) is 10.5 Å². The summed E-state index contributed by atoms with van der Waals surface area (Å²) in [5, 5.41) is 0. The normalized spacial score (nSPS) is 9.94. The number of para-hydroxylation sites is 1. The number of nitrogen functional groups attached to an aromatic ring is 1. The monoisotopic (exact) mass is 291 g/mol. The molecule has 4 heteroatoms. The molecule has 0 aliphatic carbocycles. The van der Waals surface area contributed by atoms with Gasteiger partial charge in [0.05, 0.1) is 5.56 Å². The molecule has 0 unspecified atom stereocenters. The minimum Gasteiger partial charge on any atom is -0.423 e. The number of carbonyl (C=O) groups excluding carboxylic acids is 1. The van der Waals surface area contributed by atoms with Crippen molar-refractivity contribution in [1.29, 1.82) is 0 Å². The van der Waals surface area contributed by atoms with Gasteiger partial charge in [0.2, 0.25) is 0 Å². The Morgan fingerprint density at radius 3 is 2.35 bits per heavy atom. The number of halogens is 1. The molecule has 2 aromatic rings. The molecule has 0 radical (unpaired) electrons. The van der Waals surface area contributed by atoms with Crippen molar-refractivity contribution in [2.75, 3.05) is 5.73 Å². The zero-order valence-corrected chi connectivity index (χ0v) is 10.5. The number of nitrogens with two attached hydrogens (primary N) is 1. The van der Waals surface area contributed by atoms with Gasteiger partial charge in [0, 0.05) is 10.2 Å². The molecule has 0 atom stereocenters. The van der Waals surface area contributed by atoms with Crippen molar-refractivity contribution >= 4 is 27.6 Å². The number of carbonyl (C=O) groups is 1. The number of rotatable bonds is 2. The summed E-state index contributed by atoms with van der Waals surface area (Å²) < 4.78 is 6.12. The summed E-state index contributed by atoms with van der Waals surface area (Å²) >= 11 is 3.31. The van der Waals surface area contributed by atoms with Crippen LogP contribution in [0.4, 0.5) is 5.69 Å². The van der Waals surface area contributed by atoms with Crippen molar-refractivity contribution in [3.8, 4) is 5.75 Å². The molecular weight excluding hydrogens is 282 g/mol. The Morgan fingerprint density at radius 1 is 1.06 bits per heavy atom. The predicted molar refractivity (Wildman–Crippen MR) is 70.0 cm³/mol. The van der Waals surface area contributed by atoms with Crippen LogP contribution < -0.4 is 10.5 Å². The Kier molecular flexibility index (Phi) is 3.44. The fraction of sp³-hybridized carbons (Fsp3) is 0.